The van der Waals surface area contributed by atoms with E-state index in [0.717, 1.165) is 17.3 Å². The number of fused-ring (bicyclic) bond motifs is 1. The first kappa shape index (κ1) is 13.5. The lowest BCUT2D eigenvalue weighted by Crippen LogP contribution is -2.26. The fourth-order valence-electron chi connectivity index (χ4n) is 1.80. The molecule has 0 saturated carbocycles. The van der Waals surface area contributed by atoms with Crippen molar-refractivity contribution in [3.63, 3.8) is 0 Å². The van der Waals surface area contributed by atoms with Crippen LogP contribution in [0.5, 0.6) is 0 Å². The normalized spacial score (nSPS) is 10.6. The summed E-state index contributed by atoms with van der Waals surface area (Å²) in [5.41, 5.74) is 1.29. The minimum Gasteiger partial charge on any atom is -0.382 e. The van der Waals surface area contributed by atoms with Crippen LogP contribution in [0.3, 0.4) is 0 Å². The molecule has 2 aromatic rings. The number of para-hydroxylation sites is 1. The molecule has 2 rings (SSSR count). The molecule has 0 unspecified atom stereocenters. The van der Waals surface area contributed by atoms with E-state index in [2.05, 4.69) is 10.3 Å². The van der Waals surface area contributed by atoms with Gasteiger partial charge in [-0.3, -0.25) is 4.79 Å². The molecular weight excluding hydrogens is 240 g/mol. The topological polar surface area (TPSA) is 51.2 Å². The first-order valence-electron chi connectivity index (χ1n) is 6.53. The number of hydrogen-bond acceptors (Lipinski definition) is 3. The third-order valence-corrected chi connectivity index (χ3v) is 2.79. The lowest BCUT2D eigenvalue weighted by Gasteiger charge is -2.05. The van der Waals surface area contributed by atoms with E-state index in [-0.39, 0.29) is 5.91 Å². The summed E-state index contributed by atoms with van der Waals surface area (Å²) in [6.45, 7) is 3.94. The Morgan fingerprint density at radius 2 is 2.11 bits per heavy atom. The largest absolute Gasteiger partial charge is 0.382 e. The summed E-state index contributed by atoms with van der Waals surface area (Å²) in [6.07, 6.45) is 0.813. The van der Waals surface area contributed by atoms with Crippen molar-refractivity contribution < 1.29 is 9.53 Å². The van der Waals surface area contributed by atoms with E-state index in [1.807, 2.05) is 37.3 Å². The van der Waals surface area contributed by atoms with Crippen LogP contribution in [0.2, 0.25) is 0 Å². The highest BCUT2D eigenvalue weighted by Gasteiger charge is 2.06. The highest BCUT2D eigenvalue weighted by molar-refractivity contribution is 5.94. The molecule has 0 fully saturated rings. The maximum Gasteiger partial charge on any atom is 0.269 e. The van der Waals surface area contributed by atoms with Gasteiger partial charge in [-0.2, -0.15) is 0 Å². The summed E-state index contributed by atoms with van der Waals surface area (Å²) < 4.78 is 5.21. The van der Waals surface area contributed by atoms with Crippen LogP contribution >= 0.6 is 0 Å². The molecule has 0 atom stereocenters. The number of aromatic nitrogens is 1. The van der Waals surface area contributed by atoms with Crippen molar-refractivity contribution in [3.8, 4) is 0 Å². The fourth-order valence-corrected chi connectivity index (χ4v) is 1.80. The lowest BCUT2D eigenvalue weighted by molar-refractivity contribution is 0.0939. The predicted octanol–water partition coefficient (Wildman–Crippen LogP) is 2.39. The number of pyridine rings is 1. The van der Waals surface area contributed by atoms with Crippen molar-refractivity contribution in [1.29, 1.82) is 0 Å². The maximum atomic E-state index is 11.9. The van der Waals surface area contributed by atoms with Crippen LogP contribution in [0.1, 0.15) is 23.8 Å². The zero-order valence-electron chi connectivity index (χ0n) is 11.1. The molecule has 1 heterocycles. The zero-order chi connectivity index (χ0) is 13.5. The van der Waals surface area contributed by atoms with Crippen LogP contribution < -0.4 is 5.32 Å². The van der Waals surface area contributed by atoms with E-state index in [4.69, 9.17) is 4.74 Å². The Kier molecular flexibility index (Phi) is 4.86. The van der Waals surface area contributed by atoms with Gasteiger partial charge in [0.1, 0.15) is 5.69 Å². The summed E-state index contributed by atoms with van der Waals surface area (Å²) in [4.78, 5) is 16.3. The molecule has 100 valence electrons. The van der Waals surface area contributed by atoms with Gasteiger partial charge in [-0.25, -0.2) is 4.98 Å². The molecule has 0 spiro atoms. The number of nitrogens with zero attached hydrogens (tertiary/aromatic N) is 1. The standard InChI is InChI=1S/C15H18N2O2/c1-2-19-11-5-10-16-15(18)14-9-8-12-6-3-4-7-13(12)17-14/h3-4,6-9H,2,5,10-11H2,1H3,(H,16,18). The third-order valence-electron chi connectivity index (χ3n) is 2.79. The first-order valence-corrected chi connectivity index (χ1v) is 6.53. The van der Waals surface area contributed by atoms with Crippen molar-refractivity contribution in [1.82, 2.24) is 10.3 Å². The second-order valence-corrected chi connectivity index (χ2v) is 4.20. The number of rotatable bonds is 6. The number of amides is 1. The van der Waals surface area contributed by atoms with E-state index in [1.165, 1.54) is 0 Å². The Balaban J connectivity index is 1.93. The Hall–Kier alpha value is -1.94. The number of nitrogens with one attached hydrogen (secondary N) is 1. The minimum atomic E-state index is -0.137. The molecule has 0 bridgehead atoms. The van der Waals surface area contributed by atoms with Crippen molar-refractivity contribution in [3.05, 3.63) is 42.1 Å². The van der Waals surface area contributed by atoms with Gasteiger partial charge in [-0.15, -0.1) is 0 Å². The quantitative estimate of drug-likeness (QED) is 0.809. The number of carbonyl (C=O) groups excluding carboxylic acids is 1. The van der Waals surface area contributed by atoms with Gasteiger partial charge in [0.25, 0.3) is 5.91 Å². The number of ether oxygens (including phenoxy) is 1. The van der Waals surface area contributed by atoms with Gasteiger partial charge in [-0.1, -0.05) is 24.3 Å². The maximum absolute atomic E-state index is 11.9. The highest BCUT2D eigenvalue weighted by atomic mass is 16.5. The Bertz CT molecular complexity index is 555. The average Bonchev–Trinajstić information content (AvgIpc) is 2.46. The first-order chi connectivity index (χ1) is 9.31. The molecule has 0 radical (unpaired) electrons. The molecule has 0 saturated heterocycles. The molecule has 0 aliphatic carbocycles. The van der Waals surface area contributed by atoms with E-state index in [0.29, 0.717) is 25.5 Å². The fraction of sp³-hybridized carbons (Fsp3) is 0.333. The molecule has 4 nitrogen and oxygen atoms in total. The second-order valence-electron chi connectivity index (χ2n) is 4.20. The van der Waals surface area contributed by atoms with Crippen LogP contribution in [0, 0.1) is 0 Å². The number of benzene rings is 1. The van der Waals surface area contributed by atoms with Crippen LogP contribution in [-0.2, 0) is 4.74 Å². The number of carbonyl (C=O) groups is 1. The summed E-state index contributed by atoms with van der Waals surface area (Å²) in [6, 6.07) is 11.4. The molecule has 4 heteroatoms. The average molecular weight is 258 g/mol. The lowest BCUT2D eigenvalue weighted by atomic mass is 10.2. The van der Waals surface area contributed by atoms with Crippen LogP contribution in [0.15, 0.2) is 36.4 Å². The Morgan fingerprint density at radius 1 is 1.26 bits per heavy atom. The molecule has 1 N–H and O–H groups in total. The second kappa shape index (κ2) is 6.85. The SMILES string of the molecule is CCOCCCNC(=O)c1ccc2ccccc2n1. The van der Waals surface area contributed by atoms with Gasteiger partial charge < -0.3 is 10.1 Å². The third kappa shape index (κ3) is 3.76. The summed E-state index contributed by atoms with van der Waals surface area (Å²) in [5.74, 6) is -0.137. The summed E-state index contributed by atoms with van der Waals surface area (Å²) >= 11 is 0. The Morgan fingerprint density at radius 3 is 2.95 bits per heavy atom. The molecule has 0 aliphatic rings. The highest BCUT2D eigenvalue weighted by Crippen LogP contribution is 2.11. The Labute approximate surface area is 112 Å². The van der Waals surface area contributed by atoms with Crippen molar-refractivity contribution >= 4 is 16.8 Å². The molecule has 0 aliphatic heterocycles. The van der Waals surface area contributed by atoms with E-state index in [1.54, 1.807) is 6.07 Å². The van der Waals surface area contributed by atoms with Crippen molar-refractivity contribution in [2.75, 3.05) is 19.8 Å². The molecule has 19 heavy (non-hydrogen) atoms. The monoisotopic (exact) mass is 258 g/mol. The zero-order valence-corrected chi connectivity index (χ0v) is 11.1. The molecule has 1 aromatic heterocycles. The smallest absolute Gasteiger partial charge is 0.269 e. The predicted molar refractivity (Wildman–Crippen MR) is 75.2 cm³/mol. The van der Waals surface area contributed by atoms with E-state index >= 15 is 0 Å². The van der Waals surface area contributed by atoms with Crippen molar-refractivity contribution in [2.45, 2.75) is 13.3 Å². The summed E-state index contributed by atoms with van der Waals surface area (Å²) in [5, 5.41) is 3.88. The van der Waals surface area contributed by atoms with Crippen molar-refractivity contribution in [2.24, 2.45) is 0 Å². The van der Waals surface area contributed by atoms with Gasteiger partial charge in [0.05, 0.1) is 5.52 Å². The summed E-state index contributed by atoms with van der Waals surface area (Å²) in [7, 11) is 0. The van der Waals surface area contributed by atoms with E-state index in [9.17, 15) is 4.79 Å². The van der Waals surface area contributed by atoms with Gasteiger partial charge in [0.15, 0.2) is 0 Å². The van der Waals surface area contributed by atoms with Crippen LogP contribution in [0.4, 0.5) is 0 Å². The van der Waals surface area contributed by atoms with Gasteiger partial charge >= 0.3 is 0 Å². The van der Waals surface area contributed by atoms with E-state index < -0.39 is 0 Å². The van der Waals surface area contributed by atoms with Crippen LogP contribution in [-0.4, -0.2) is 30.6 Å². The minimum absolute atomic E-state index is 0.137. The van der Waals surface area contributed by atoms with Gasteiger partial charge in [-0.05, 0) is 25.5 Å². The number of hydrogen-bond donors (Lipinski definition) is 1. The van der Waals surface area contributed by atoms with Gasteiger partial charge in [0.2, 0.25) is 0 Å². The molecular formula is C15H18N2O2. The van der Waals surface area contributed by atoms with Gasteiger partial charge in [0, 0.05) is 25.1 Å². The molecule has 1 amide bonds. The molecule has 1 aromatic carbocycles. The van der Waals surface area contributed by atoms with Crippen LogP contribution in [0.25, 0.3) is 10.9 Å².